The lowest BCUT2D eigenvalue weighted by atomic mass is 9.93. The first-order valence-corrected chi connectivity index (χ1v) is 8.14. The van der Waals surface area contributed by atoms with Gasteiger partial charge < -0.3 is 16.0 Å². The molecule has 2 aliphatic heterocycles. The number of piperidine rings is 1. The fourth-order valence-corrected chi connectivity index (χ4v) is 3.18. The molecule has 0 atom stereocenters. The van der Waals surface area contributed by atoms with Crippen LogP contribution in [0.1, 0.15) is 37.7 Å². The quantitative estimate of drug-likeness (QED) is 0.799. The summed E-state index contributed by atoms with van der Waals surface area (Å²) < 4.78 is 0. The van der Waals surface area contributed by atoms with Gasteiger partial charge in [-0.25, -0.2) is 0 Å². The van der Waals surface area contributed by atoms with Crippen LogP contribution in [0.5, 0.6) is 0 Å². The molecule has 2 aliphatic rings. The minimum absolute atomic E-state index is 0.0434. The number of anilines is 2. The monoisotopic (exact) mass is 301 g/mol. The highest BCUT2D eigenvalue weighted by atomic mass is 16.2. The zero-order valence-electron chi connectivity index (χ0n) is 12.8. The van der Waals surface area contributed by atoms with Gasteiger partial charge in [0, 0.05) is 24.2 Å². The van der Waals surface area contributed by atoms with E-state index in [2.05, 4.69) is 16.0 Å². The van der Waals surface area contributed by atoms with E-state index in [0.29, 0.717) is 18.8 Å². The fraction of sp³-hybridized carbons (Fsp3) is 0.529. The summed E-state index contributed by atoms with van der Waals surface area (Å²) in [5.41, 5.74) is 2.72. The Labute approximate surface area is 130 Å². The van der Waals surface area contributed by atoms with Gasteiger partial charge in [0.1, 0.15) is 0 Å². The van der Waals surface area contributed by atoms with Gasteiger partial charge in [-0.15, -0.1) is 0 Å². The second kappa shape index (κ2) is 6.92. The van der Waals surface area contributed by atoms with E-state index in [9.17, 15) is 9.59 Å². The molecule has 0 aromatic heterocycles. The third kappa shape index (κ3) is 3.85. The average Bonchev–Trinajstić information content (AvgIpc) is 2.53. The van der Waals surface area contributed by atoms with Gasteiger partial charge in [-0.2, -0.15) is 0 Å². The minimum atomic E-state index is 0.0434. The summed E-state index contributed by atoms with van der Waals surface area (Å²) in [6.07, 6.45) is 5.15. The highest BCUT2D eigenvalue weighted by Crippen LogP contribution is 2.26. The first-order valence-electron chi connectivity index (χ1n) is 8.14. The van der Waals surface area contributed by atoms with Crippen molar-refractivity contribution in [3.8, 4) is 0 Å². The van der Waals surface area contributed by atoms with Gasteiger partial charge in [-0.3, -0.25) is 9.59 Å². The molecule has 1 fully saturated rings. The number of carbonyl (C=O) groups is 2. The molecule has 1 saturated heterocycles. The van der Waals surface area contributed by atoms with Gasteiger partial charge >= 0.3 is 0 Å². The molecule has 3 N–H and O–H groups in total. The van der Waals surface area contributed by atoms with Crippen molar-refractivity contribution in [3.63, 3.8) is 0 Å². The fourth-order valence-electron chi connectivity index (χ4n) is 3.18. The van der Waals surface area contributed by atoms with E-state index in [1.807, 2.05) is 18.2 Å². The Balaban J connectivity index is 1.52. The normalized spacial score (nSPS) is 18.5. The standard InChI is InChI=1S/C17H23N3O2/c21-16(5-1-12-7-9-18-10-8-12)19-14-4-2-13-3-6-17(22)20-15(13)11-14/h2,4,11-12,18H,1,3,5-10H2,(H,19,21)(H,20,22). The van der Waals surface area contributed by atoms with Crippen LogP contribution in [-0.4, -0.2) is 24.9 Å². The van der Waals surface area contributed by atoms with Crippen LogP contribution in [0.2, 0.25) is 0 Å². The van der Waals surface area contributed by atoms with Crippen LogP contribution in [0.4, 0.5) is 11.4 Å². The first kappa shape index (κ1) is 15.0. The van der Waals surface area contributed by atoms with Crippen molar-refractivity contribution >= 4 is 23.2 Å². The number of rotatable bonds is 4. The van der Waals surface area contributed by atoms with Crippen LogP contribution in [0.3, 0.4) is 0 Å². The molecule has 0 radical (unpaired) electrons. The maximum Gasteiger partial charge on any atom is 0.224 e. The number of hydrogen-bond acceptors (Lipinski definition) is 3. The molecule has 0 saturated carbocycles. The molecule has 2 amide bonds. The van der Waals surface area contributed by atoms with E-state index >= 15 is 0 Å². The van der Waals surface area contributed by atoms with Crippen LogP contribution in [-0.2, 0) is 16.0 Å². The van der Waals surface area contributed by atoms with Crippen molar-refractivity contribution in [1.82, 2.24) is 5.32 Å². The van der Waals surface area contributed by atoms with Crippen molar-refractivity contribution in [2.45, 2.75) is 38.5 Å². The third-order valence-electron chi connectivity index (χ3n) is 4.53. The predicted molar refractivity (Wildman–Crippen MR) is 86.9 cm³/mol. The van der Waals surface area contributed by atoms with E-state index in [1.165, 1.54) is 0 Å². The Hall–Kier alpha value is -1.88. The second-order valence-corrected chi connectivity index (χ2v) is 6.20. The predicted octanol–water partition coefficient (Wildman–Crippen LogP) is 2.29. The van der Waals surface area contributed by atoms with Crippen molar-refractivity contribution < 1.29 is 9.59 Å². The molecule has 118 valence electrons. The number of amides is 2. The summed E-state index contributed by atoms with van der Waals surface area (Å²) in [4.78, 5) is 23.5. The molecule has 0 unspecified atom stereocenters. The Morgan fingerprint density at radius 2 is 2.05 bits per heavy atom. The first-order chi connectivity index (χ1) is 10.7. The number of carbonyl (C=O) groups excluding carboxylic acids is 2. The van der Waals surface area contributed by atoms with E-state index in [4.69, 9.17) is 0 Å². The number of hydrogen-bond donors (Lipinski definition) is 3. The van der Waals surface area contributed by atoms with Crippen molar-refractivity contribution in [2.75, 3.05) is 23.7 Å². The molecule has 5 heteroatoms. The lowest BCUT2D eigenvalue weighted by molar-refractivity contribution is -0.117. The molecule has 1 aromatic carbocycles. The molecule has 0 bridgehead atoms. The average molecular weight is 301 g/mol. The highest BCUT2D eigenvalue weighted by Gasteiger charge is 2.17. The Morgan fingerprint density at radius 3 is 2.86 bits per heavy atom. The van der Waals surface area contributed by atoms with E-state index in [1.54, 1.807) is 0 Å². The van der Waals surface area contributed by atoms with Crippen LogP contribution in [0.15, 0.2) is 18.2 Å². The Kier molecular flexibility index (Phi) is 4.73. The van der Waals surface area contributed by atoms with Crippen molar-refractivity contribution in [3.05, 3.63) is 23.8 Å². The maximum absolute atomic E-state index is 12.1. The van der Waals surface area contributed by atoms with Gasteiger partial charge in [0.05, 0.1) is 0 Å². The van der Waals surface area contributed by atoms with E-state index < -0.39 is 0 Å². The SMILES string of the molecule is O=C(CCC1CCNCC1)Nc1ccc2c(c1)NC(=O)CC2. The Morgan fingerprint density at radius 1 is 1.23 bits per heavy atom. The summed E-state index contributed by atoms with van der Waals surface area (Å²) in [5.74, 6) is 0.761. The smallest absolute Gasteiger partial charge is 0.224 e. The molecule has 2 heterocycles. The van der Waals surface area contributed by atoms with Crippen LogP contribution in [0.25, 0.3) is 0 Å². The zero-order valence-corrected chi connectivity index (χ0v) is 12.8. The largest absolute Gasteiger partial charge is 0.326 e. The van der Waals surface area contributed by atoms with Crippen molar-refractivity contribution in [2.24, 2.45) is 5.92 Å². The molecular formula is C17H23N3O2. The van der Waals surface area contributed by atoms with Crippen molar-refractivity contribution in [1.29, 1.82) is 0 Å². The van der Waals surface area contributed by atoms with Gasteiger partial charge in [0.15, 0.2) is 0 Å². The molecule has 3 rings (SSSR count). The van der Waals surface area contributed by atoms with Crippen LogP contribution < -0.4 is 16.0 Å². The molecule has 22 heavy (non-hydrogen) atoms. The summed E-state index contributed by atoms with van der Waals surface area (Å²) in [6, 6.07) is 5.75. The van der Waals surface area contributed by atoms with Crippen LogP contribution >= 0.6 is 0 Å². The van der Waals surface area contributed by atoms with Gasteiger partial charge in [0.25, 0.3) is 0 Å². The molecule has 0 aliphatic carbocycles. The van der Waals surface area contributed by atoms with E-state index in [0.717, 1.165) is 55.7 Å². The number of fused-ring (bicyclic) bond motifs is 1. The summed E-state index contributed by atoms with van der Waals surface area (Å²) >= 11 is 0. The number of nitrogens with one attached hydrogen (secondary N) is 3. The maximum atomic E-state index is 12.1. The second-order valence-electron chi connectivity index (χ2n) is 6.20. The van der Waals surface area contributed by atoms with Gasteiger partial charge in [0.2, 0.25) is 11.8 Å². The topological polar surface area (TPSA) is 70.2 Å². The van der Waals surface area contributed by atoms with Gasteiger partial charge in [-0.1, -0.05) is 6.07 Å². The van der Waals surface area contributed by atoms with Crippen LogP contribution in [0, 0.1) is 5.92 Å². The highest BCUT2D eigenvalue weighted by molar-refractivity contribution is 5.96. The molecule has 5 nitrogen and oxygen atoms in total. The summed E-state index contributed by atoms with van der Waals surface area (Å²) in [7, 11) is 0. The molecule has 1 aromatic rings. The summed E-state index contributed by atoms with van der Waals surface area (Å²) in [6.45, 7) is 2.13. The Bertz CT molecular complexity index is 565. The lowest BCUT2D eigenvalue weighted by Crippen LogP contribution is -2.28. The number of benzene rings is 1. The molecular weight excluding hydrogens is 278 g/mol. The minimum Gasteiger partial charge on any atom is -0.326 e. The van der Waals surface area contributed by atoms with E-state index in [-0.39, 0.29) is 11.8 Å². The summed E-state index contributed by atoms with van der Waals surface area (Å²) in [5, 5.41) is 9.14. The number of aryl methyl sites for hydroxylation is 1. The van der Waals surface area contributed by atoms with Gasteiger partial charge in [-0.05, 0) is 62.4 Å². The zero-order chi connectivity index (χ0) is 15.4. The molecule has 0 spiro atoms. The lowest BCUT2D eigenvalue weighted by Gasteiger charge is -2.22. The third-order valence-corrected chi connectivity index (χ3v) is 4.53.